The van der Waals surface area contributed by atoms with E-state index in [1.807, 2.05) is 0 Å². The zero-order valence-corrected chi connectivity index (χ0v) is 22.8. The van der Waals surface area contributed by atoms with Gasteiger partial charge in [0.1, 0.15) is 28.3 Å². The molecule has 0 amide bonds. The van der Waals surface area contributed by atoms with Gasteiger partial charge in [-0.25, -0.2) is 9.07 Å². The van der Waals surface area contributed by atoms with Crippen molar-refractivity contribution in [3.8, 4) is 5.75 Å². The lowest BCUT2D eigenvalue weighted by Crippen LogP contribution is -2.49. The van der Waals surface area contributed by atoms with Crippen molar-refractivity contribution < 1.29 is 33.4 Å². The van der Waals surface area contributed by atoms with E-state index in [1.54, 1.807) is 41.5 Å². The first-order chi connectivity index (χ1) is 18.0. The van der Waals surface area contributed by atoms with Crippen molar-refractivity contribution in [2.45, 2.75) is 72.1 Å². The van der Waals surface area contributed by atoms with E-state index in [0.717, 1.165) is 16.8 Å². The van der Waals surface area contributed by atoms with E-state index in [4.69, 9.17) is 9.47 Å². The predicted molar refractivity (Wildman–Crippen MR) is 140 cm³/mol. The molecule has 10 nitrogen and oxygen atoms in total. The summed E-state index contributed by atoms with van der Waals surface area (Å²) in [6.07, 6.45) is -1.05. The van der Waals surface area contributed by atoms with E-state index in [1.165, 1.54) is 30.3 Å². The highest BCUT2D eigenvalue weighted by atomic mass is 19.1. The molecule has 1 aromatic heterocycles. The van der Waals surface area contributed by atoms with Gasteiger partial charge in [-0.3, -0.25) is 19.2 Å². The lowest BCUT2D eigenvalue weighted by molar-refractivity contribution is -0.186. The summed E-state index contributed by atoms with van der Waals surface area (Å²) in [6.45, 7) is 9.34. The summed E-state index contributed by atoms with van der Waals surface area (Å²) in [5.74, 6) is -3.32. The Kier molecular flexibility index (Phi) is 8.23. The first kappa shape index (κ1) is 29.4. The maximum absolute atomic E-state index is 13.8. The van der Waals surface area contributed by atoms with Crippen molar-refractivity contribution in [3.05, 3.63) is 64.2 Å². The van der Waals surface area contributed by atoms with Crippen molar-refractivity contribution in [2.75, 3.05) is 0 Å². The Hall–Kier alpha value is -4.15. The van der Waals surface area contributed by atoms with E-state index in [0.29, 0.717) is 0 Å². The second kappa shape index (κ2) is 10.9. The average molecular weight is 542 g/mol. The Morgan fingerprint density at radius 1 is 0.923 bits per heavy atom. The second-order valence-electron chi connectivity index (χ2n) is 11.3. The summed E-state index contributed by atoms with van der Waals surface area (Å²) in [4.78, 5) is 53.8. The number of halogens is 1. The van der Waals surface area contributed by atoms with Gasteiger partial charge in [0.25, 0.3) is 5.56 Å². The molecule has 0 radical (unpaired) electrons. The molecule has 1 N–H and O–H groups in total. The smallest absolute Gasteiger partial charge is 0.324 e. The van der Waals surface area contributed by atoms with Crippen LogP contribution in [0.25, 0.3) is 10.9 Å². The van der Waals surface area contributed by atoms with E-state index < -0.39 is 58.6 Å². The molecule has 0 aliphatic rings. The standard InChI is InChI=1S/C28H32FN3O7/c1-26(2,3)38-24(36)28(25(37)39-27(4,5)6,16-22(34)17-7-10-19(33)11-8-17)13-14-32-23(35)20-15-18(29)9-12-21(20)30-31-32/h7-12,15,33H,13-14,16H2,1-6H3. The molecular weight excluding hydrogens is 509 g/mol. The van der Waals surface area contributed by atoms with Crippen LogP contribution < -0.4 is 5.56 Å². The summed E-state index contributed by atoms with van der Waals surface area (Å²) < 4.78 is 25.9. The van der Waals surface area contributed by atoms with Crippen LogP contribution in [-0.4, -0.2) is 49.0 Å². The van der Waals surface area contributed by atoms with Gasteiger partial charge in [0.15, 0.2) is 11.2 Å². The number of benzene rings is 2. The predicted octanol–water partition coefficient (Wildman–Crippen LogP) is 3.97. The zero-order chi connectivity index (χ0) is 29.2. The average Bonchev–Trinajstić information content (AvgIpc) is 2.81. The summed E-state index contributed by atoms with van der Waals surface area (Å²) in [5, 5.41) is 17.4. The number of carbonyl (C=O) groups excluding carboxylic acids is 3. The van der Waals surface area contributed by atoms with Crippen LogP contribution in [0.4, 0.5) is 4.39 Å². The Balaban J connectivity index is 2.11. The van der Waals surface area contributed by atoms with Crippen LogP contribution >= 0.6 is 0 Å². The Morgan fingerprint density at radius 3 is 2.03 bits per heavy atom. The monoisotopic (exact) mass is 541 g/mol. The molecular formula is C28H32FN3O7. The topological polar surface area (TPSA) is 138 Å². The molecule has 0 aliphatic heterocycles. The van der Waals surface area contributed by atoms with Crippen LogP contribution in [0.3, 0.4) is 0 Å². The van der Waals surface area contributed by atoms with Gasteiger partial charge < -0.3 is 14.6 Å². The summed E-state index contributed by atoms with van der Waals surface area (Å²) in [6, 6.07) is 8.81. The number of phenols is 1. The third-order valence-corrected chi connectivity index (χ3v) is 5.67. The number of hydrogen-bond donors (Lipinski definition) is 1. The SMILES string of the molecule is CC(C)(C)OC(=O)C(CCn1nnc2ccc(F)cc2c1=O)(CC(=O)c1ccc(O)cc1)C(=O)OC(C)(C)C. The van der Waals surface area contributed by atoms with Gasteiger partial charge in [-0.2, -0.15) is 0 Å². The number of fused-ring (bicyclic) bond motifs is 1. The number of aryl methyl sites for hydroxylation is 1. The molecule has 3 aromatic rings. The Labute approximate surface area is 224 Å². The number of aromatic nitrogens is 3. The van der Waals surface area contributed by atoms with Crippen molar-refractivity contribution in [1.82, 2.24) is 15.0 Å². The third-order valence-electron chi connectivity index (χ3n) is 5.67. The van der Waals surface area contributed by atoms with Gasteiger partial charge in [0, 0.05) is 18.5 Å². The largest absolute Gasteiger partial charge is 0.508 e. The molecule has 208 valence electrons. The quantitative estimate of drug-likeness (QED) is 0.255. The number of Topliss-reactive ketones (excluding diaryl/α,β-unsaturated/α-hetero) is 1. The number of rotatable bonds is 8. The molecule has 0 fully saturated rings. The minimum Gasteiger partial charge on any atom is -0.508 e. The highest BCUT2D eigenvalue weighted by Crippen LogP contribution is 2.36. The van der Waals surface area contributed by atoms with Gasteiger partial charge >= 0.3 is 11.9 Å². The highest BCUT2D eigenvalue weighted by molar-refractivity contribution is 6.07. The molecule has 0 spiro atoms. The maximum atomic E-state index is 13.8. The lowest BCUT2D eigenvalue weighted by Gasteiger charge is -2.34. The number of ketones is 1. The van der Waals surface area contributed by atoms with Crippen LogP contribution in [0.2, 0.25) is 0 Å². The number of nitrogens with zero attached hydrogens (tertiary/aromatic N) is 3. The van der Waals surface area contributed by atoms with Crippen LogP contribution in [0.1, 0.15) is 64.7 Å². The molecule has 39 heavy (non-hydrogen) atoms. The molecule has 0 unspecified atom stereocenters. The minimum atomic E-state index is -2.17. The number of carbonyl (C=O) groups is 3. The number of esters is 2. The Morgan fingerprint density at radius 2 is 1.49 bits per heavy atom. The fourth-order valence-electron chi connectivity index (χ4n) is 3.79. The number of hydrogen-bond acceptors (Lipinski definition) is 9. The summed E-state index contributed by atoms with van der Waals surface area (Å²) in [7, 11) is 0. The molecule has 0 bridgehead atoms. The fourth-order valence-corrected chi connectivity index (χ4v) is 3.79. The fraction of sp³-hybridized carbons (Fsp3) is 0.429. The van der Waals surface area contributed by atoms with Crippen LogP contribution in [-0.2, 0) is 25.6 Å². The molecule has 11 heteroatoms. The number of aromatic hydroxyl groups is 1. The Bertz CT molecular complexity index is 1420. The zero-order valence-electron chi connectivity index (χ0n) is 22.8. The maximum Gasteiger partial charge on any atom is 0.324 e. The molecule has 3 rings (SSSR count). The van der Waals surface area contributed by atoms with Crippen molar-refractivity contribution in [1.29, 1.82) is 0 Å². The number of phenolic OH excluding ortho intramolecular Hbond substituents is 1. The summed E-state index contributed by atoms with van der Waals surface area (Å²) in [5.41, 5.74) is -4.60. The normalized spacial score (nSPS) is 12.3. The van der Waals surface area contributed by atoms with Gasteiger partial charge in [0.2, 0.25) is 0 Å². The third kappa shape index (κ3) is 7.24. The molecule has 0 aliphatic carbocycles. The second-order valence-corrected chi connectivity index (χ2v) is 11.3. The van der Waals surface area contributed by atoms with Crippen molar-refractivity contribution in [3.63, 3.8) is 0 Å². The first-order valence-corrected chi connectivity index (χ1v) is 12.3. The molecule has 0 saturated heterocycles. The first-order valence-electron chi connectivity index (χ1n) is 12.3. The van der Waals surface area contributed by atoms with Gasteiger partial charge in [-0.15, -0.1) is 5.10 Å². The van der Waals surface area contributed by atoms with E-state index in [2.05, 4.69) is 10.3 Å². The molecule has 2 aromatic carbocycles. The molecule has 0 atom stereocenters. The van der Waals surface area contributed by atoms with Crippen LogP contribution in [0.5, 0.6) is 5.75 Å². The molecule has 1 heterocycles. The van der Waals surface area contributed by atoms with Gasteiger partial charge in [-0.1, -0.05) is 5.21 Å². The van der Waals surface area contributed by atoms with E-state index in [9.17, 15) is 28.7 Å². The highest BCUT2D eigenvalue weighted by Gasteiger charge is 2.52. The molecule has 0 saturated carbocycles. The van der Waals surface area contributed by atoms with Crippen molar-refractivity contribution >= 4 is 28.6 Å². The van der Waals surface area contributed by atoms with Crippen LogP contribution in [0.15, 0.2) is 47.3 Å². The number of ether oxygens (including phenoxy) is 2. The van der Waals surface area contributed by atoms with Crippen molar-refractivity contribution in [2.24, 2.45) is 5.41 Å². The summed E-state index contributed by atoms with van der Waals surface area (Å²) >= 11 is 0. The van der Waals surface area contributed by atoms with Gasteiger partial charge in [0.05, 0.1) is 5.39 Å². The minimum absolute atomic E-state index is 0.0368. The lowest BCUT2D eigenvalue weighted by atomic mass is 9.78. The van der Waals surface area contributed by atoms with Crippen LogP contribution in [0, 0.1) is 11.2 Å². The van der Waals surface area contributed by atoms with E-state index in [-0.39, 0.29) is 28.8 Å². The van der Waals surface area contributed by atoms with Gasteiger partial charge in [-0.05, 0) is 90.4 Å². The van der Waals surface area contributed by atoms with E-state index >= 15 is 0 Å².